The van der Waals surface area contributed by atoms with E-state index in [-0.39, 0.29) is 0 Å². The van der Waals surface area contributed by atoms with Gasteiger partial charge in [-0.15, -0.1) is 10.2 Å². The van der Waals surface area contributed by atoms with E-state index >= 15 is 0 Å². The van der Waals surface area contributed by atoms with E-state index in [1.54, 1.807) is 13.3 Å². The van der Waals surface area contributed by atoms with E-state index in [1.807, 2.05) is 25.1 Å². The minimum atomic E-state index is 0.586. The Morgan fingerprint density at radius 1 is 1.28 bits per heavy atom. The Hall–Kier alpha value is -2.37. The summed E-state index contributed by atoms with van der Waals surface area (Å²) in [5.74, 6) is 1.41. The lowest BCUT2D eigenvalue weighted by atomic mass is 10.2. The molecule has 0 aliphatic rings. The molecule has 0 aliphatic carbocycles. The molecule has 0 bridgehead atoms. The fraction of sp³-hybridized carbons (Fsp3) is 0.250. The summed E-state index contributed by atoms with van der Waals surface area (Å²) >= 11 is 0. The van der Waals surface area contributed by atoms with Crippen LogP contribution in [0, 0.1) is 0 Å². The van der Waals surface area contributed by atoms with Gasteiger partial charge in [0.05, 0.1) is 19.9 Å². The van der Waals surface area contributed by atoms with Crippen LogP contribution < -0.4 is 9.47 Å². The molecule has 0 saturated carbocycles. The first kappa shape index (κ1) is 12.1. The van der Waals surface area contributed by atoms with Crippen molar-refractivity contribution in [3.63, 3.8) is 0 Å². The molecule has 0 atom stereocenters. The molecule has 2 aromatic rings. The van der Waals surface area contributed by atoms with Gasteiger partial charge in [-0.1, -0.05) is 0 Å². The fourth-order valence-corrected chi connectivity index (χ4v) is 1.43. The summed E-state index contributed by atoms with van der Waals surface area (Å²) in [7, 11) is 1.61. The lowest BCUT2D eigenvalue weighted by molar-refractivity contribution is 0.311. The highest BCUT2D eigenvalue weighted by molar-refractivity contribution is 5.80. The maximum atomic E-state index is 5.49. The molecule has 0 spiro atoms. The second-order valence-electron chi connectivity index (χ2n) is 3.43. The molecule has 2 rings (SSSR count). The molecule has 0 saturated heterocycles. The van der Waals surface area contributed by atoms with Gasteiger partial charge in [-0.2, -0.15) is 5.10 Å². The molecule has 0 fully saturated rings. The van der Waals surface area contributed by atoms with Crippen molar-refractivity contribution in [2.75, 3.05) is 13.7 Å². The second kappa shape index (κ2) is 5.81. The van der Waals surface area contributed by atoms with E-state index in [2.05, 4.69) is 15.3 Å². The SMILES string of the molecule is CCOc1cc(/C=N\n2cnnc2)ccc1OC. The minimum Gasteiger partial charge on any atom is -0.493 e. The van der Waals surface area contributed by atoms with Crippen LogP contribution in [0.4, 0.5) is 0 Å². The molecule has 18 heavy (non-hydrogen) atoms. The standard InChI is InChI=1S/C12H14N4O2/c1-3-18-12-6-10(4-5-11(12)17-2)7-15-16-8-13-14-9-16/h4-9H,3H2,1-2H3/b15-7-. The summed E-state index contributed by atoms with van der Waals surface area (Å²) in [5, 5.41) is 11.5. The first-order chi connectivity index (χ1) is 8.83. The maximum Gasteiger partial charge on any atom is 0.161 e. The van der Waals surface area contributed by atoms with Gasteiger partial charge in [0, 0.05) is 0 Å². The largest absolute Gasteiger partial charge is 0.493 e. The van der Waals surface area contributed by atoms with Gasteiger partial charge < -0.3 is 9.47 Å². The number of ether oxygens (including phenoxy) is 2. The highest BCUT2D eigenvalue weighted by Crippen LogP contribution is 2.27. The van der Waals surface area contributed by atoms with E-state index in [4.69, 9.17) is 9.47 Å². The lowest BCUT2D eigenvalue weighted by Gasteiger charge is -2.09. The third kappa shape index (κ3) is 2.85. The van der Waals surface area contributed by atoms with Crippen LogP contribution in [-0.2, 0) is 0 Å². The van der Waals surface area contributed by atoms with Crippen molar-refractivity contribution in [2.45, 2.75) is 6.92 Å². The molecule has 0 aliphatic heterocycles. The molecule has 1 aromatic carbocycles. The smallest absolute Gasteiger partial charge is 0.161 e. The van der Waals surface area contributed by atoms with Crippen molar-refractivity contribution in [2.24, 2.45) is 5.10 Å². The van der Waals surface area contributed by atoms with Crippen LogP contribution >= 0.6 is 0 Å². The highest BCUT2D eigenvalue weighted by Gasteiger charge is 2.03. The second-order valence-corrected chi connectivity index (χ2v) is 3.43. The van der Waals surface area contributed by atoms with E-state index < -0.39 is 0 Å². The number of aromatic nitrogens is 3. The first-order valence-corrected chi connectivity index (χ1v) is 5.53. The van der Waals surface area contributed by atoms with Crippen LogP contribution in [0.5, 0.6) is 11.5 Å². The van der Waals surface area contributed by atoms with E-state index in [9.17, 15) is 0 Å². The lowest BCUT2D eigenvalue weighted by Crippen LogP contribution is -1.96. The molecule has 94 valence electrons. The molecule has 1 aromatic heterocycles. The minimum absolute atomic E-state index is 0.586. The third-order valence-electron chi connectivity index (χ3n) is 2.23. The summed E-state index contributed by atoms with van der Waals surface area (Å²) < 4.78 is 12.2. The zero-order valence-corrected chi connectivity index (χ0v) is 10.3. The Labute approximate surface area is 105 Å². The van der Waals surface area contributed by atoms with Crippen LogP contribution in [0.2, 0.25) is 0 Å². The van der Waals surface area contributed by atoms with Crippen molar-refractivity contribution in [1.29, 1.82) is 0 Å². The summed E-state index contributed by atoms with van der Waals surface area (Å²) in [6, 6.07) is 5.61. The van der Waals surface area contributed by atoms with Crippen LogP contribution in [0.3, 0.4) is 0 Å². The molecular formula is C12H14N4O2. The zero-order valence-electron chi connectivity index (χ0n) is 10.3. The van der Waals surface area contributed by atoms with Gasteiger partial charge in [0.1, 0.15) is 12.7 Å². The number of hydrogen-bond acceptors (Lipinski definition) is 5. The monoisotopic (exact) mass is 246 g/mol. The van der Waals surface area contributed by atoms with Crippen molar-refractivity contribution in [1.82, 2.24) is 14.9 Å². The summed E-state index contributed by atoms with van der Waals surface area (Å²) in [6.45, 7) is 2.51. The van der Waals surface area contributed by atoms with Crippen LogP contribution in [0.1, 0.15) is 12.5 Å². The molecule has 1 heterocycles. The fourth-order valence-electron chi connectivity index (χ4n) is 1.43. The van der Waals surface area contributed by atoms with E-state index in [0.29, 0.717) is 18.1 Å². The Balaban J connectivity index is 2.21. The molecule has 0 radical (unpaired) electrons. The summed E-state index contributed by atoms with van der Waals surface area (Å²) in [6.07, 6.45) is 4.73. The van der Waals surface area contributed by atoms with Crippen molar-refractivity contribution >= 4 is 6.21 Å². The van der Waals surface area contributed by atoms with Crippen molar-refractivity contribution in [3.05, 3.63) is 36.4 Å². The van der Waals surface area contributed by atoms with Gasteiger partial charge in [0.15, 0.2) is 11.5 Å². The number of rotatable bonds is 5. The summed E-state index contributed by atoms with van der Waals surface area (Å²) in [4.78, 5) is 0. The van der Waals surface area contributed by atoms with Crippen LogP contribution in [0.25, 0.3) is 0 Å². The summed E-state index contributed by atoms with van der Waals surface area (Å²) in [5.41, 5.74) is 0.910. The molecular weight excluding hydrogens is 232 g/mol. The molecule has 0 amide bonds. The molecule has 6 heteroatoms. The molecule has 0 N–H and O–H groups in total. The predicted octanol–water partition coefficient (Wildman–Crippen LogP) is 1.57. The zero-order chi connectivity index (χ0) is 12.8. The number of hydrogen-bond donors (Lipinski definition) is 0. The van der Waals surface area contributed by atoms with Gasteiger partial charge >= 0.3 is 0 Å². The Morgan fingerprint density at radius 2 is 2.06 bits per heavy atom. The normalized spacial score (nSPS) is 10.8. The molecule has 6 nitrogen and oxygen atoms in total. The van der Waals surface area contributed by atoms with E-state index in [0.717, 1.165) is 5.56 Å². The number of benzene rings is 1. The topological polar surface area (TPSA) is 61.5 Å². The Bertz CT molecular complexity index is 523. The predicted molar refractivity (Wildman–Crippen MR) is 67.2 cm³/mol. The van der Waals surface area contributed by atoms with Crippen molar-refractivity contribution < 1.29 is 9.47 Å². The average Bonchev–Trinajstić information content (AvgIpc) is 2.90. The van der Waals surface area contributed by atoms with Crippen molar-refractivity contribution in [3.8, 4) is 11.5 Å². The number of methoxy groups -OCH3 is 1. The van der Waals surface area contributed by atoms with Gasteiger partial charge in [-0.25, -0.2) is 4.68 Å². The van der Waals surface area contributed by atoms with E-state index in [1.165, 1.54) is 17.3 Å². The first-order valence-electron chi connectivity index (χ1n) is 5.53. The van der Waals surface area contributed by atoms with Gasteiger partial charge in [-0.3, -0.25) is 0 Å². The molecule has 0 unspecified atom stereocenters. The third-order valence-corrected chi connectivity index (χ3v) is 2.23. The van der Waals surface area contributed by atoms with Gasteiger partial charge in [-0.05, 0) is 30.7 Å². The van der Waals surface area contributed by atoms with Gasteiger partial charge in [0.2, 0.25) is 0 Å². The van der Waals surface area contributed by atoms with Gasteiger partial charge in [0.25, 0.3) is 0 Å². The number of nitrogens with zero attached hydrogens (tertiary/aromatic N) is 4. The Kier molecular flexibility index (Phi) is 3.90. The average molecular weight is 246 g/mol. The Morgan fingerprint density at radius 3 is 2.72 bits per heavy atom. The van der Waals surface area contributed by atoms with Crippen LogP contribution in [0.15, 0.2) is 36.0 Å². The maximum absolute atomic E-state index is 5.49. The van der Waals surface area contributed by atoms with Crippen LogP contribution in [-0.4, -0.2) is 34.8 Å². The quantitative estimate of drug-likeness (QED) is 0.751. The highest BCUT2D eigenvalue weighted by atomic mass is 16.5.